The molecule has 0 aliphatic rings. The normalized spacial score (nSPS) is 10.9. The Bertz CT molecular complexity index is 896. The second kappa shape index (κ2) is 7.75. The van der Waals surface area contributed by atoms with Gasteiger partial charge in [-0.2, -0.15) is 0 Å². The lowest BCUT2D eigenvalue weighted by Gasteiger charge is -2.10. The maximum Gasteiger partial charge on any atom is 0.292 e. The second-order valence-corrected chi connectivity index (χ2v) is 7.25. The van der Waals surface area contributed by atoms with Crippen molar-refractivity contribution in [1.29, 1.82) is 0 Å². The summed E-state index contributed by atoms with van der Waals surface area (Å²) in [6.07, 6.45) is 1.08. The van der Waals surface area contributed by atoms with Gasteiger partial charge in [-0.25, -0.2) is 8.42 Å². The van der Waals surface area contributed by atoms with E-state index < -0.39 is 20.7 Å². The van der Waals surface area contributed by atoms with Gasteiger partial charge in [-0.15, -0.1) is 0 Å². The zero-order valence-corrected chi connectivity index (χ0v) is 14.2. The summed E-state index contributed by atoms with van der Waals surface area (Å²) in [6, 6.07) is 12.2. The first kappa shape index (κ1) is 18.4. The van der Waals surface area contributed by atoms with Crippen molar-refractivity contribution in [2.24, 2.45) is 0 Å². The van der Waals surface area contributed by atoms with Gasteiger partial charge in [0, 0.05) is 25.3 Å². The number of hydrogen-bond acceptors (Lipinski definition) is 6. The highest BCUT2D eigenvalue weighted by atomic mass is 32.2. The molecule has 0 aliphatic carbocycles. The molecule has 0 aliphatic heterocycles. The number of nitrogens with one attached hydrogen (secondary N) is 2. The molecule has 0 aromatic heterocycles. The Hall–Kier alpha value is -2.94. The van der Waals surface area contributed by atoms with Crippen LogP contribution in [-0.4, -0.2) is 32.0 Å². The standard InChI is InChI=1S/C16H17N3O5S/c1-25(23,24)15-9-5-3-7-13(15)18-16(20)10-11-17-12-6-2-4-8-14(12)19(21)22/h2-9,17H,10-11H2,1H3,(H,18,20). The molecule has 0 atom stereocenters. The average molecular weight is 363 g/mol. The Balaban J connectivity index is 1.98. The number of amides is 1. The van der Waals surface area contributed by atoms with Crippen LogP contribution in [0.2, 0.25) is 0 Å². The Morgan fingerprint density at radius 1 is 1.08 bits per heavy atom. The monoisotopic (exact) mass is 363 g/mol. The zero-order valence-electron chi connectivity index (χ0n) is 13.4. The van der Waals surface area contributed by atoms with E-state index in [9.17, 15) is 23.3 Å². The molecule has 0 unspecified atom stereocenters. The number of hydrogen-bond donors (Lipinski definition) is 2. The third-order valence-electron chi connectivity index (χ3n) is 3.33. The van der Waals surface area contributed by atoms with E-state index in [0.717, 1.165) is 6.26 Å². The highest BCUT2D eigenvalue weighted by Gasteiger charge is 2.15. The second-order valence-electron chi connectivity index (χ2n) is 5.27. The van der Waals surface area contributed by atoms with Crippen molar-refractivity contribution in [2.45, 2.75) is 11.3 Å². The first-order valence-corrected chi connectivity index (χ1v) is 9.24. The van der Waals surface area contributed by atoms with Gasteiger partial charge in [0.1, 0.15) is 5.69 Å². The summed E-state index contributed by atoms with van der Waals surface area (Å²) >= 11 is 0. The molecule has 2 rings (SSSR count). The number of sulfone groups is 1. The Labute approximate surface area is 144 Å². The minimum atomic E-state index is -3.46. The van der Waals surface area contributed by atoms with Crippen molar-refractivity contribution in [2.75, 3.05) is 23.4 Å². The number of rotatable bonds is 7. The molecule has 0 saturated heterocycles. The van der Waals surface area contributed by atoms with Gasteiger partial charge in [0.2, 0.25) is 5.91 Å². The van der Waals surface area contributed by atoms with Crippen LogP contribution in [0, 0.1) is 10.1 Å². The van der Waals surface area contributed by atoms with Crippen LogP contribution in [0.3, 0.4) is 0 Å². The summed E-state index contributed by atoms with van der Waals surface area (Å²) in [5, 5.41) is 16.3. The number of nitrogens with zero attached hydrogens (tertiary/aromatic N) is 1. The van der Waals surface area contributed by atoms with Gasteiger partial charge in [-0.1, -0.05) is 24.3 Å². The minimum absolute atomic E-state index is 0.0180. The zero-order chi connectivity index (χ0) is 18.4. The van der Waals surface area contributed by atoms with Gasteiger partial charge in [0.15, 0.2) is 9.84 Å². The van der Waals surface area contributed by atoms with E-state index in [4.69, 9.17) is 0 Å². The molecule has 0 fully saturated rings. The van der Waals surface area contributed by atoms with Gasteiger partial charge in [-0.3, -0.25) is 14.9 Å². The summed E-state index contributed by atoms with van der Waals surface area (Å²) in [4.78, 5) is 22.5. The molecule has 8 nitrogen and oxygen atoms in total. The first-order valence-electron chi connectivity index (χ1n) is 7.35. The van der Waals surface area contributed by atoms with E-state index in [0.29, 0.717) is 5.69 Å². The predicted octanol–water partition coefficient (Wildman–Crippen LogP) is 2.44. The molecule has 9 heteroatoms. The maximum atomic E-state index is 12.0. The van der Waals surface area contributed by atoms with Gasteiger partial charge < -0.3 is 10.6 Å². The maximum absolute atomic E-state index is 12.0. The van der Waals surface area contributed by atoms with Crippen LogP contribution in [-0.2, 0) is 14.6 Å². The third kappa shape index (κ3) is 5.01. The van der Waals surface area contributed by atoms with Crippen LogP contribution in [0.15, 0.2) is 53.4 Å². The van der Waals surface area contributed by atoms with Gasteiger partial charge >= 0.3 is 0 Å². The fourth-order valence-electron chi connectivity index (χ4n) is 2.20. The molecule has 2 N–H and O–H groups in total. The smallest absolute Gasteiger partial charge is 0.292 e. The van der Waals surface area contributed by atoms with Crippen LogP contribution in [0.1, 0.15) is 6.42 Å². The van der Waals surface area contributed by atoms with E-state index in [2.05, 4.69) is 10.6 Å². The van der Waals surface area contributed by atoms with Crippen LogP contribution in [0.5, 0.6) is 0 Å². The fourth-order valence-corrected chi connectivity index (χ4v) is 3.04. The number of benzene rings is 2. The van der Waals surface area contributed by atoms with E-state index in [1.165, 1.54) is 18.2 Å². The number of carbonyl (C=O) groups excluding carboxylic acids is 1. The molecule has 0 bridgehead atoms. The molecule has 2 aromatic carbocycles. The summed E-state index contributed by atoms with van der Waals surface area (Å²) < 4.78 is 23.4. The number of para-hydroxylation sites is 3. The molecule has 25 heavy (non-hydrogen) atoms. The topological polar surface area (TPSA) is 118 Å². The van der Waals surface area contributed by atoms with Crippen molar-refractivity contribution in [3.63, 3.8) is 0 Å². The van der Waals surface area contributed by atoms with E-state index in [1.54, 1.807) is 30.3 Å². The van der Waals surface area contributed by atoms with E-state index in [-0.39, 0.29) is 29.2 Å². The lowest BCUT2D eigenvalue weighted by Crippen LogP contribution is -2.18. The molecule has 132 valence electrons. The van der Waals surface area contributed by atoms with Crippen LogP contribution in [0.25, 0.3) is 0 Å². The summed E-state index contributed by atoms with van der Waals surface area (Å²) in [5.74, 6) is -0.401. The molecule has 0 saturated carbocycles. The molecule has 0 spiro atoms. The largest absolute Gasteiger partial charge is 0.379 e. The molecule has 2 aromatic rings. The van der Waals surface area contributed by atoms with Gasteiger partial charge in [0.25, 0.3) is 5.69 Å². The average Bonchev–Trinajstić information content (AvgIpc) is 2.54. The first-order chi connectivity index (χ1) is 11.8. The number of anilines is 2. The van der Waals surface area contributed by atoms with E-state index >= 15 is 0 Å². The van der Waals surface area contributed by atoms with Crippen LogP contribution < -0.4 is 10.6 Å². The minimum Gasteiger partial charge on any atom is -0.379 e. The Morgan fingerprint density at radius 2 is 1.68 bits per heavy atom. The number of nitro benzene ring substituents is 1. The van der Waals surface area contributed by atoms with Crippen molar-refractivity contribution in [3.05, 3.63) is 58.6 Å². The highest BCUT2D eigenvalue weighted by Crippen LogP contribution is 2.23. The SMILES string of the molecule is CS(=O)(=O)c1ccccc1NC(=O)CCNc1ccccc1[N+](=O)[O-]. The predicted molar refractivity (Wildman–Crippen MR) is 94.4 cm³/mol. The van der Waals surface area contributed by atoms with Gasteiger partial charge in [-0.05, 0) is 18.2 Å². The summed E-state index contributed by atoms with van der Waals surface area (Å²) in [7, 11) is -3.46. The van der Waals surface area contributed by atoms with Crippen molar-refractivity contribution in [1.82, 2.24) is 0 Å². The molecule has 0 heterocycles. The fraction of sp³-hybridized carbons (Fsp3) is 0.188. The summed E-state index contributed by atoms with van der Waals surface area (Å²) in [6.45, 7) is 0.164. The summed E-state index contributed by atoms with van der Waals surface area (Å²) in [5.41, 5.74) is 0.447. The van der Waals surface area contributed by atoms with Crippen LogP contribution >= 0.6 is 0 Å². The highest BCUT2D eigenvalue weighted by molar-refractivity contribution is 7.90. The quantitative estimate of drug-likeness (QED) is 0.576. The van der Waals surface area contributed by atoms with Crippen LogP contribution in [0.4, 0.5) is 17.1 Å². The molecular weight excluding hydrogens is 346 g/mol. The lowest BCUT2D eigenvalue weighted by molar-refractivity contribution is -0.384. The number of nitro groups is 1. The van der Waals surface area contributed by atoms with Gasteiger partial charge in [0.05, 0.1) is 15.5 Å². The van der Waals surface area contributed by atoms with Crippen molar-refractivity contribution >= 4 is 32.8 Å². The molecule has 0 radical (unpaired) electrons. The lowest BCUT2D eigenvalue weighted by atomic mass is 10.2. The number of carbonyl (C=O) groups is 1. The molecular formula is C16H17N3O5S. The van der Waals surface area contributed by atoms with Crippen molar-refractivity contribution in [3.8, 4) is 0 Å². The van der Waals surface area contributed by atoms with E-state index in [1.807, 2.05) is 0 Å². The third-order valence-corrected chi connectivity index (χ3v) is 4.48. The Morgan fingerprint density at radius 3 is 2.32 bits per heavy atom. The molecule has 1 amide bonds. The van der Waals surface area contributed by atoms with Crippen molar-refractivity contribution < 1.29 is 18.1 Å². The Kier molecular flexibility index (Phi) is 5.71.